The Bertz CT molecular complexity index is 1230. The van der Waals surface area contributed by atoms with Crippen LogP contribution in [0.15, 0.2) is 36.9 Å². The molecular formula is C24H27F4N7O. The van der Waals surface area contributed by atoms with Crippen LogP contribution in [0.5, 0.6) is 0 Å². The Kier molecular flexibility index (Phi) is 6.54. The second-order valence-electron chi connectivity index (χ2n) is 9.56. The first-order chi connectivity index (χ1) is 17.2. The van der Waals surface area contributed by atoms with Gasteiger partial charge in [-0.05, 0) is 44.0 Å². The molecule has 2 atom stereocenters. The molecule has 1 aliphatic carbocycles. The van der Waals surface area contributed by atoms with E-state index in [9.17, 15) is 22.4 Å². The fraction of sp³-hybridized carbons (Fsp3) is 0.500. The topological polar surface area (TPSA) is 93.2 Å². The summed E-state index contributed by atoms with van der Waals surface area (Å²) in [6.07, 6.45) is 1.18. The molecule has 2 N–H and O–H groups in total. The molecule has 5 rings (SSSR count). The van der Waals surface area contributed by atoms with Crippen LogP contribution >= 0.6 is 0 Å². The molecule has 12 heteroatoms. The van der Waals surface area contributed by atoms with Gasteiger partial charge in [0.1, 0.15) is 24.0 Å². The molecule has 3 aromatic rings. The highest BCUT2D eigenvalue weighted by Crippen LogP contribution is 2.36. The lowest BCUT2D eigenvalue weighted by atomic mass is 9.94. The second kappa shape index (κ2) is 9.64. The normalized spacial score (nSPS) is 21.1. The van der Waals surface area contributed by atoms with Crippen LogP contribution in [0.3, 0.4) is 0 Å². The zero-order valence-electron chi connectivity index (χ0n) is 19.5. The van der Waals surface area contributed by atoms with Crippen molar-refractivity contribution in [3.63, 3.8) is 0 Å². The lowest BCUT2D eigenvalue weighted by Gasteiger charge is -2.34. The molecule has 36 heavy (non-hydrogen) atoms. The van der Waals surface area contributed by atoms with Crippen molar-refractivity contribution in [2.45, 2.75) is 50.7 Å². The van der Waals surface area contributed by atoms with Crippen LogP contribution < -0.4 is 10.6 Å². The van der Waals surface area contributed by atoms with E-state index in [1.54, 1.807) is 4.90 Å². The first-order valence-corrected chi connectivity index (χ1v) is 11.9. The van der Waals surface area contributed by atoms with Gasteiger partial charge >= 0.3 is 6.18 Å². The zero-order valence-corrected chi connectivity index (χ0v) is 19.5. The van der Waals surface area contributed by atoms with Crippen molar-refractivity contribution >= 4 is 22.8 Å². The summed E-state index contributed by atoms with van der Waals surface area (Å²) in [4.78, 5) is 27.9. The van der Waals surface area contributed by atoms with Crippen molar-refractivity contribution in [3.05, 3.63) is 48.2 Å². The zero-order chi connectivity index (χ0) is 25.4. The van der Waals surface area contributed by atoms with Gasteiger partial charge in [0.2, 0.25) is 5.91 Å². The number of fused-ring (bicyclic) bond motifs is 1. The number of nitrogens with two attached hydrogens (primary N) is 1. The van der Waals surface area contributed by atoms with Crippen LogP contribution in [0.25, 0.3) is 11.0 Å². The van der Waals surface area contributed by atoms with E-state index >= 15 is 0 Å². The third kappa shape index (κ3) is 5.28. The molecule has 2 aliphatic rings. The van der Waals surface area contributed by atoms with Crippen LogP contribution in [-0.2, 0) is 24.1 Å². The average molecular weight is 506 g/mol. The number of alkyl halides is 4. The van der Waals surface area contributed by atoms with Gasteiger partial charge in [-0.15, -0.1) is 0 Å². The average Bonchev–Trinajstić information content (AvgIpc) is 3.59. The third-order valence-electron chi connectivity index (χ3n) is 6.85. The molecule has 1 saturated carbocycles. The number of carbonyl (C=O) groups is 1. The summed E-state index contributed by atoms with van der Waals surface area (Å²) in [6.45, 7) is 1.59. The van der Waals surface area contributed by atoms with Gasteiger partial charge < -0.3 is 15.2 Å². The summed E-state index contributed by atoms with van der Waals surface area (Å²) in [6, 6.07) is 4.56. The van der Waals surface area contributed by atoms with E-state index in [0.717, 1.165) is 30.5 Å². The number of pyridine rings is 1. The number of hydrogen-bond acceptors (Lipinski definition) is 6. The number of aromatic nitrogens is 4. The lowest BCUT2D eigenvalue weighted by molar-refractivity contribution is -0.137. The summed E-state index contributed by atoms with van der Waals surface area (Å²) in [7, 11) is 0. The number of nitrogens with zero attached hydrogens (tertiary/aromatic N) is 6. The van der Waals surface area contributed by atoms with Crippen molar-refractivity contribution in [2.75, 3.05) is 24.5 Å². The summed E-state index contributed by atoms with van der Waals surface area (Å²) < 4.78 is 55.5. The SMILES string of the molecule is NC(=O)CN1CC[C@@H](Cn2ccc3c(N(Cc4ccc(C(F)(F)F)cn4)C4CC4)ncnc32)[C@H](F)C1. The monoisotopic (exact) mass is 505 g/mol. The molecule has 0 spiro atoms. The molecule has 4 heterocycles. The molecule has 1 aliphatic heterocycles. The molecule has 3 aromatic heterocycles. The number of anilines is 1. The van der Waals surface area contributed by atoms with E-state index in [1.165, 1.54) is 12.4 Å². The van der Waals surface area contributed by atoms with Gasteiger partial charge in [0.05, 0.1) is 29.7 Å². The smallest absolute Gasteiger partial charge is 0.369 e. The maximum atomic E-state index is 14.9. The molecule has 8 nitrogen and oxygen atoms in total. The lowest BCUT2D eigenvalue weighted by Crippen LogP contribution is -2.46. The molecule has 2 fully saturated rings. The molecule has 0 unspecified atom stereocenters. The number of hydrogen-bond donors (Lipinski definition) is 1. The number of amides is 1. The van der Waals surface area contributed by atoms with Crippen molar-refractivity contribution in [1.82, 2.24) is 24.4 Å². The van der Waals surface area contributed by atoms with Crippen LogP contribution in [0.1, 0.15) is 30.5 Å². The first-order valence-electron chi connectivity index (χ1n) is 11.9. The maximum absolute atomic E-state index is 14.9. The van der Waals surface area contributed by atoms with Gasteiger partial charge in [0, 0.05) is 37.4 Å². The molecule has 0 radical (unpaired) electrons. The summed E-state index contributed by atoms with van der Waals surface area (Å²) >= 11 is 0. The predicted octanol–water partition coefficient (Wildman–Crippen LogP) is 3.16. The number of primary amides is 1. The fourth-order valence-electron chi connectivity index (χ4n) is 4.83. The van der Waals surface area contributed by atoms with Gasteiger partial charge in [-0.1, -0.05) is 0 Å². The van der Waals surface area contributed by atoms with E-state index in [4.69, 9.17) is 5.73 Å². The molecule has 1 amide bonds. The number of likely N-dealkylation sites (tertiary alicyclic amines) is 1. The minimum Gasteiger partial charge on any atom is -0.369 e. The van der Waals surface area contributed by atoms with Gasteiger partial charge in [-0.25, -0.2) is 14.4 Å². The van der Waals surface area contributed by atoms with Crippen molar-refractivity contribution in [3.8, 4) is 0 Å². The van der Waals surface area contributed by atoms with Crippen molar-refractivity contribution in [2.24, 2.45) is 11.7 Å². The van der Waals surface area contributed by atoms with Crippen LogP contribution in [0.4, 0.5) is 23.4 Å². The van der Waals surface area contributed by atoms with Gasteiger partial charge in [0.25, 0.3) is 0 Å². The quantitative estimate of drug-likeness (QED) is 0.473. The van der Waals surface area contributed by atoms with E-state index in [1.807, 2.05) is 16.8 Å². The Labute approximate surface area is 205 Å². The minimum atomic E-state index is -4.43. The van der Waals surface area contributed by atoms with Gasteiger partial charge in [-0.3, -0.25) is 14.7 Å². The largest absolute Gasteiger partial charge is 0.417 e. The molecular weight excluding hydrogens is 478 g/mol. The standard InChI is InChI=1S/C24H27F4N7O/c25-20-12-33(13-21(29)36)7-5-15(20)10-34-8-6-19-22(34)31-14-32-23(19)35(18-3-4-18)11-17-2-1-16(9-30-17)24(26,27)28/h1-2,6,8-9,14-15,18,20H,3-5,7,10-13H2,(H2,29,36)/t15-,20+/m0/s1. The number of carbonyl (C=O) groups excluding carboxylic acids is 1. The first kappa shape index (κ1) is 24.4. The summed E-state index contributed by atoms with van der Waals surface area (Å²) in [5, 5.41) is 0.804. The molecule has 0 aromatic carbocycles. The van der Waals surface area contributed by atoms with Gasteiger partial charge in [0.15, 0.2) is 0 Å². The number of rotatable bonds is 8. The van der Waals surface area contributed by atoms with E-state index in [-0.39, 0.29) is 25.0 Å². The second-order valence-corrected chi connectivity index (χ2v) is 9.56. The van der Waals surface area contributed by atoms with Crippen LogP contribution in [0, 0.1) is 5.92 Å². The van der Waals surface area contributed by atoms with Crippen LogP contribution in [-0.4, -0.2) is 62.2 Å². The fourth-order valence-corrected chi connectivity index (χ4v) is 4.83. The Balaban J connectivity index is 1.34. The number of halogens is 4. The summed E-state index contributed by atoms with van der Waals surface area (Å²) in [5.74, 6) is 0.00282. The summed E-state index contributed by atoms with van der Waals surface area (Å²) in [5.41, 5.74) is 5.65. The van der Waals surface area contributed by atoms with Gasteiger partial charge in [-0.2, -0.15) is 13.2 Å². The maximum Gasteiger partial charge on any atom is 0.417 e. The highest BCUT2D eigenvalue weighted by atomic mass is 19.4. The van der Waals surface area contributed by atoms with E-state index in [0.29, 0.717) is 43.2 Å². The Morgan fingerprint density at radius 2 is 1.94 bits per heavy atom. The Hall–Kier alpha value is -3.28. The third-order valence-corrected chi connectivity index (χ3v) is 6.85. The molecule has 1 saturated heterocycles. The molecule has 0 bridgehead atoms. The highest BCUT2D eigenvalue weighted by molar-refractivity contribution is 5.88. The van der Waals surface area contributed by atoms with Crippen molar-refractivity contribution < 1.29 is 22.4 Å². The van der Waals surface area contributed by atoms with Crippen LogP contribution in [0.2, 0.25) is 0 Å². The predicted molar refractivity (Wildman–Crippen MR) is 125 cm³/mol. The highest BCUT2D eigenvalue weighted by Gasteiger charge is 2.34. The molecule has 192 valence electrons. The minimum absolute atomic E-state index is 0.0565. The Morgan fingerprint density at radius 1 is 1.14 bits per heavy atom. The number of piperidine rings is 1. The van der Waals surface area contributed by atoms with E-state index in [2.05, 4.69) is 19.9 Å². The van der Waals surface area contributed by atoms with E-state index < -0.39 is 23.8 Å². The van der Waals surface area contributed by atoms with Crippen molar-refractivity contribution in [1.29, 1.82) is 0 Å². The Morgan fingerprint density at radius 3 is 2.58 bits per heavy atom.